The standard InChI is InChI=1S/C30H46N6O11/c1-16(2)13-22(35-26(42)19(32)14-17-6-8-18(37)9-7-17)28(44)36-23(15-25(40)41)29(45)33-20(10-11-24(38)39)27(43)34-21(30(46)47)5-3-4-12-31/h6-9,16,19-23,37H,3-5,10-15,31-32H2,1-2H3,(H,33,45)(H,34,43)(H,35,42)(H,36,44)(H,38,39)(H,40,41)(H,46,47)/t19-,20-,21-,22-,23-/m0/s1. The van der Waals surface area contributed by atoms with Gasteiger partial charge in [0, 0.05) is 6.42 Å². The van der Waals surface area contributed by atoms with E-state index in [0.717, 1.165) is 0 Å². The van der Waals surface area contributed by atoms with Gasteiger partial charge < -0.3 is 53.2 Å². The van der Waals surface area contributed by atoms with Gasteiger partial charge >= 0.3 is 17.9 Å². The molecule has 0 unspecified atom stereocenters. The van der Waals surface area contributed by atoms with Crippen LogP contribution in [0.5, 0.6) is 5.75 Å². The molecule has 12 N–H and O–H groups in total. The Kier molecular flexibility index (Phi) is 17.4. The molecule has 0 saturated carbocycles. The quantitative estimate of drug-likeness (QED) is 0.0651. The molecule has 47 heavy (non-hydrogen) atoms. The van der Waals surface area contributed by atoms with Gasteiger partial charge in [0.15, 0.2) is 0 Å². The molecule has 0 saturated heterocycles. The predicted molar refractivity (Wildman–Crippen MR) is 167 cm³/mol. The van der Waals surface area contributed by atoms with Crippen molar-refractivity contribution in [2.45, 2.75) is 95.4 Å². The van der Waals surface area contributed by atoms with E-state index in [1.807, 2.05) is 0 Å². The number of nitrogens with one attached hydrogen (secondary N) is 4. The van der Waals surface area contributed by atoms with Gasteiger partial charge in [-0.05, 0) is 68.7 Å². The Morgan fingerprint density at radius 3 is 1.77 bits per heavy atom. The van der Waals surface area contributed by atoms with Crippen LogP contribution in [-0.4, -0.2) is 98.7 Å². The van der Waals surface area contributed by atoms with Gasteiger partial charge in [0.1, 0.15) is 29.9 Å². The average Bonchev–Trinajstić information content (AvgIpc) is 2.98. The van der Waals surface area contributed by atoms with Crippen molar-refractivity contribution >= 4 is 41.5 Å². The zero-order chi connectivity index (χ0) is 35.7. The number of unbranched alkanes of at least 4 members (excludes halogenated alkanes) is 1. The minimum atomic E-state index is -1.77. The van der Waals surface area contributed by atoms with Crippen molar-refractivity contribution in [2.24, 2.45) is 17.4 Å². The van der Waals surface area contributed by atoms with Crippen molar-refractivity contribution in [3.05, 3.63) is 29.8 Å². The van der Waals surface area contributed by atoms with Crippen LogP contribution < -0.4 is 32.7 Å². The third-order valence-corrected chi connectivity index (χ3v) is 6.92. The third-order valence-electron chi connectivity index (χ3n) is 6.92. The molecule has 1 aromatic carbocycles. The van der Waals surface area contributed by atoms with Gasteiger partial charge in [-0.15, -0.1) is 0 Å². The first-order valence-electron chi connectivity index (χ1n) is 15.1. The molecule has 262 valence electrons. The monoisotopic (exact) mass is 666 g/mol. The Morgan fingerprint density at radius 1 is 0.702 bits per heavy atom. The lowest BCUT2D eigenvalue weighted by Crippen LogP contribution is -2.59. The summed E-state index contributed by atoms with van der Waals surface area (Å²) < 4.78 is 0. The maximum absolute atomic E-state index is 13.3. The molecule has 4 amide bonds. The molecule has 0 aliphatic heterocycles. The fourth-order valence-electron chi connectivity index (χ4n) is 4.45. The Morgan fingerprint density at radius 2 is 1.23 bits per heavy atom. The first-order valence-corrected chi connectivity index (χ1v) is 15.1. The third kappa shape index (κ3) is 15.9. The average molecular weight is 667 g/mol. The van der Waals surface area contributed by atoms with E-state index in [1.165, 1.54) is 12.1 Å². The zero-order valence-corrected chi connectivity index (χ0v) is 26.4. The Balaban J connectivity index is 3.12. The van der Waals surface area contributed by atoms with E-state index in [-0.39, 0.29) is 30.9 Å². The number of carboxylic acid groups (broad SMARTS) is 3. The number of carbonyl (C=O) groups excluding carboxylic acids is 4. The van der Waals surface area contributed by atoms with Crippen molar-refractivity contribution in [3.8, 4) is 5.75 Å². The van der Waals surface area contributed by atoms with Crippen molar-refractivity contribution in [2.75, 3.05) is 6.54 Å². The Hall–Kier alpha value is -4.77. The molecule has 17 heteroatoms. The normalized spacial score (nSPS) is 14.1. The highest BCUT2D eigenvalue weighted by atomic mass is 16.4. The molecule has 5 atom stereocenters. The second-order valence-electron chi connectivity index (χ2n) is 11.5. The minimum absolute atomic E-state index is 0.0110. The summed E-state index contributed by atoms with van der Waals surface area (Å²) in [5.74, 6) is -8.10. The highest BCUT2D eigenvalue weighted by Gasteiger charge is 2.33. The van der Waals surface area contributed by atoms with Gasteiger partial charge in [0.05, 0.1) is 12.5 Å². The lowest BCUT2D eigenvalue weighted by atomic mass is 10.0. The number of hydrogen-bond donors (Lipinski definition) is 10. The van der Waals surface area contributed by atoms with Crippen molar-refractivity contribution < 1.29 is 54.0 Å². The predicted octanol–water partition coefficient (Wildman–Crippen LogP) is -1.20. The minimum Gasteiger partial charge on any atom is -0.508 e. The molecule has 0 aliphatic rings. The van der Waals surface area contributed by atoms with Crippen molar-refractivity contribution in [1.29, 1.82) is 0 Å². The molecule has 17 nitrogen and oxygen atoms in total. The van der Waals surface area contributed by atoms with Crippen LogP contribution in [-0.2, 0) is 40.0 Å². The second kappa shape index (κ2) is 20.4. The molecule has 0 heterocycles. The maximum atomic E-state index is 13.3. The van der Waals surface area contributed by atoms with E-state index >= 15 is 0 Å². The Bertz CT molecular complexity index is 1240. The molecular formula is C30H46N6O11. The van der Waals surface area contributed by atoms with Crippen LogP contribution in [0.4, 0.5) is 0 Å². The van der Waals surface area contributed by atoms with E-state index in [1.54, 1.807) is 26.0 Å². The summed E-state index contributed by atoms with van der Waals surface area (Å²) in [6, 6.07) is -1.07. The molecule has 1 aromatic rings. The topological polar surface area (TPSA) is 301 Å². The smallest absolute Gasteiger partial charge is 0.326 e. The van der Waals surface area contributed by atoms with Gasteiger partial charge in [0.2, 0.25) is 23.6 Å². The fourth-order valence-corrected chi connectivity index (χ4v) is 4.45. The summed E-state index contributed by atoms with van der Waals surface area (Å²) in [4.78, 5) is 86.9. The first kappa shape index (κ1) is 40.3. The van der Waals surface area contributed by atoms with Gasteiger partial charge in [0.25, 0.3) is 0 Å². The van der Waals surface area contributed by atoms with Crippen LogP contribution in [0, 0.1) is 5.92 Å². The Labute approximate surface area is 271 Å². The SMILES string of the molecule is CC(C)C[C@H](NC(=O)[C@@H](N)Cc1ccc(O)cc1)C(=O)N[C@@H](CC(=O)O)C(=O)N[C@@H](CCC(=O)O)C(=O)N[C@@H](CCCCN)C(=O)O. The first-order chi connectivity index (χ1) is 22.0. The molecule has 0 radical (unpaired) electrons. The summed E-state index contributed by atoms with van der Waals surface area (Å²) in [6.07, 6.45) is -1.01. The van der Waals surface area contributed by atoms with Crippen LogP contribution in [0.25, 0.3) is 0 Å². The van der Waals surface area contributed by atoms with E-state index in [2.05, 4.69) is 21.3 Å². The summed E-state index contributed by atoms with van der Waals surface area (Å²) >= 11 is 0. The maximum Gasteiger partial charge on any atom is 0.326 e. The zero-order valence-electron chi connectivity index (χ0n) is 26.4. The molecule has 0 bridgehead atoms. The highest BCUT2D eigenvalue weighted by molar-refractivity contribution is 5.97. The van der Waals surface area contributed by atoms with Crippen LogP contribution in [0.1, 0.15) is 64.4 Å². The van der Waals surface area contributed by atoms with E-state index < -0.39 is 91.0 Å². The van der Waals surface area contributed by atoms with Crippen molar-refractivity contribution in [1.82, 2.24) is 21.3 Å². The number of hydrogen-bond acceptors (Lipinski definition) is 10. The van der Waals surface area contributed by atoms with Gasteiger partial charge in [-0.3, -0.25) is 28.8 Å². The summed E-state index contributed by atoms with van der Waals surface area (Å²) in [6.45, 7) is 3.81. The molecule has 0 fully saturated rings. The number of aliphatic carboxylic acids is 3. The summed E-state index contributed by atoms with van der Waals surface area (Å²) in [7, 11) is 0. The molecule has 1 rings (SSSR count). The van der Waals surface area contributed by atoms with Gasteiger partial charge in [-0.1, -0.05) is 26.0 Å². The lowest BCUT2D eigenvalue weighted by molar-refractivity contribution is -0.144. The number of phenols is 1. The number of amides is 4. The van der Waals surface area contributed by atoms with Crippen LogP contribution in [0.3, 0.4) is 0 Å². The number of aromatic hydroxyl groups is 1. The lowest BCUT2D eigenvalue weighted by Gasteiger charge is -2.26. The number of benzene rings is 1. The van der Waals surface area contributed by atoms with Crippen LogP contribution in [0.2, 0.25) is 0 Å². The molecule has 0 aliphatic carbocycles. The van der Waals surface area contributed by atoms with E-state index in [4.69, 9.17) is 16.6 Å². The van der Waals surface area contributed by atoms with Crippen LogP contribution in [0.15, 0.2) is 24.3 Å². The number of carbonyl (C=O) groups is 7. The second-order valence-corrected chi connectivity index (χ2v) is 11.5. The number of nitrogens with two attached hydrogens (primary N) is 2. The fraction of sp³-hybridized carbons (Fsp3) is 0.567. The number of carboxylic acids is 3. The molecular weight excluding hydrogens is 620 g/mol. The van der Waals surface area contributed by atoms with Gasteiger partial charge in [-0.25, -0.2) is 4.79 Å². The van der Waals surface area contributed by atoms with Crippen molar-refractivity contribution in [3.63, 3.8) is 0 Å². The largest absolute Gasteiger partial charge is 0.508 e. The molecule has 0 spiro atoms. The summed E-state index contributed by atoms with van der Waals surface area (Å²) in [5, 5.41) is 46.8. The van der Waals surface area contributed by atoms with Gasteiger partial charge in [-0.2, -0.15) is 0 Å². The van der Waals surface area contributed by atoms with Crippen LogP contribution >= 0.6 is 0 Å². The van der Waals surface area contributed by atoms with E-state index in [9.17, 15) is 48.9 Å². The number of phenolic OH excluding ortho intramolecular Hbond substituents is 1. The summed E-state index contributed by atoms with van der Waals surface area (Å²) in [5.41, 5.74) is 12.1. The highest BCUT2D eigenvalue weighted by Crippen LogP contribution is 2.12. The number of rotatable bonds is 22. The molecule has 0 aromatic heterocycles. The van der Waals surface area contributed by atoms with E-state index in [0.29, 0.717) is 24.9 Å².